The summed E-state index contributed by atoms with van der Waals surface area (Å²) in [7, 11) is 0. The predicted octanol–water partition coefficient (Wildman–Crippen LogP) is 0.153. The fraction of sp³-hybridized carbons (Fsp3) is 1.00. The van der Waals surface area contributed by atoms with Gasteiger partial charge in [-0.1, -0.05) is 13.8 Å². The van der Waals surface area contributed by atoms with E-state index >= 15 is 0 Å². The molecule has 0 spiro atoms. The summed E-state index contributed by atoms with van der Waals surface area (Å²) >= 11 is 0. The Morgan fingerprint density at radius 1 is 1.27 bits per heavy atom. The van der Waals surface area contributed by atoms with Crippen molar-refractivity contribution in [2.75, 3.05) is 6.61 Å². The lowest BCUT2D eigenvalue weighted by Gasteiger charge is -2.32. The van der Waals surface area contributed by atoms with E-state index in [4.69, 9.17) is 9.84 Å². The maximum Gasteiger partial charge on any atom is 0.103 e. The molecule has 1 heterocycles. The lowest BCUT2D eigenvalue weighted by atomic mass is 9.96. The SMILES string of the molecule is CC(C)[C@H]1CC(O)[C@H](O)CO1. The summed E-state index contributed by atoms with van der Waals surface area (Å²) in [6, 6.07) is 0. The largest absolute Gasteiger partial charge is 0.390 e. The van der Waals surface area contributed by atoms with Gasteiger partial charge in [0.05, 0.1) is 18.8 Å². The van der Waals surface area contributed by atoms with Gasteiger partial charge in [0, 0.05) is 6.42 Å². The van der Waals surface area contributed by atoms with E-state index in [0.717, 1.165) is 0 Å². The van der Waals surface area contributed by atoms with Crippen molar-refractivity contribution in [3.05, 3.63) is 0 Å². The van der Waals surface area contributed by atoms with Crippen molar-refractivity contribution in [3.8, 4) is 0 Å². The van der Waals surface area contributed by atoms with Gasteiger partial charge in [0.1, 0.15) is 6.10 Å². The summed E-state index contributed by atoms with van der Waals surface area (Å²) in [4.78, 5) is 0. The molecule has 1 saturated heterocycles. The van der Waals surface area contributed by atoms with Gasteiger partial charge in [0.25, 0.3) is 0 Å². The van der Waals surface area contributed by atoms with Crippen molar-refractivity contribution in [1.82, 2.24) is 0 Å². The number of aliphatic hydroxyl groups is 2. The van der Waals surface area contributed by atoms with Gasteiger partial charge in [0.15, 0.2) is 0 Å². The summed E-state index contributed by atoms with van der Waals surface area (Å²) in [5.74, 6) is 0.414. The van der Waals surface area contributed by atoms with E-state index in [1.807, 2.05) is 0 Å². The third-order valence-electron chi connectivity index (χ3n) is 2.14. The van der Waals surface area contributed by atoms with Crippen LogP contribution in [0.25, 0.3) is 0 Å². The van der Waals surface area contributed by atoms with Gasteiger partial charge in [-0.2, -0.15) is 0 Å². The summed E-state index contributed by atoms with van der Waals surface area (Å²) in [5, 5.41) is 18.4. The van der Waals surface area contributed by atoms with Crippen LogP contribution in [0.3, 0.4) is 0 Å². The van der Waals surface area contributed by atoms with Gasteiger partial charge in [0.2, 0.25) is 0 Å². The van der Waals surface area contributed by atoms with Crippen LogP contribution in [-0.2, 0) is 4.74 Å². The Hall–Kier alpha value is -0.120. The number of rotatable bonds is 1. The molecule has 1 unspecified atom stereocenters. The minimum atomic E-state index is -0.690. The Bertz CT molecular complexity index is 125. The molecular formula is C8H16O3. The molecule has 0 bridgehead atoms. The standard InChI is InChI=1S/C8H16O3/c1-5(2)8-3-6(9)7(10)4-11-8/h5-10H,3-4H2,1-2H3/t6?,7-,8-/m1/s1. The molecule has 1 fully saturated rings. The van der Waals surface area contributed by atoms with Crippen LogP contribution in [0, 0.1) is 5.92 Å². The van der Waals surface area contributed by atoms with E-state index in [9.17, 15) is 5.11 Å². The van der Waals surface area contributed by atoms with E-state index in [1.165, 1.54) is 0 Å². The molecule has 0 amide bonds. The van der Waals surface area contributed by atoms with Crippen molar-refractivity contribution >= 4 is 0 Å². The Morgan fingerprint density at radius 2 is 1.91 bits per heavy atom. The highest BCUT2D eigenvalue weighted by molar-refractivity contribution is 4.78. The number of hydrogen-bond acceptors (Lipinski definition) is 3. The maximum absolute atomic E-state index is 9.27. The smallest absolute Gasteiger partial charge is 0.103 e. The quantitative estimate of drug-likeness (QED) is 0.574. The highest BCUT2D eigenvalue weighted by atomic mass is 16.5. The van der Waals surface area contributed by atoms with Crippen LogP contribution in [0.4, 0.5) is 0 Å². The lowest BCUT2D eigenvalue weighted by Crippen LogP contribution is -2.42. The molecule has 0 aromatic carbocycles. The van der Waals surface area contributed by atoms with Crippen molar-refractivity contribution in [3.63, 3.8) is 0 Å². The van der Waals surface area contributed by atoms with Crippen molar-refractivity contribution in [2.45, 2.75) is 38.6 Å². The molecule has 0 aliphatic carbocycles. The summed E-state index contributed by atoms with van der Waals surface area (Å²) < 4.78 is 5.31. The second kappa shape index (κ2) is 3.52. The van der Waals surface area contributed by atoms with Crippen LogP contribution in [0.15, 0.2) is 0 Å². The average molecular weight is 160 g/mol. The zero-order chi connectivity index (χ0) is 8.43. The van der Waals surface area contributed by atoms with Gasteiger partial charge in [-0.15, -0.1) is 0 Å². The second-order valence-corrected chi connectivity index (χ2v) is 3.49. The summed E-state index contributed by atoms with van der Waals surface area (Å²) in [6.07, 6.45) is -0.631. The van der Waals surface area contributed by atoms with E-state index in [0.29, 0.717) is 12.3 Å². The molecule has 3 atom stereocenters. The van der Waals surface area contributed by atoms with Gasteiger partial charge < -0.3 is 14.9 Å². The topological polar surface area (TPSA) is 49.7 Å². The predicted molar refractivity (Wildman–Crippen MR) is 41.2 cm³/mol. The minimum absolute atomic E-state index is 0.105. The molecule has 11 heavy (non-hydrogen) atoms. The van der Waals surface area contributed by atoms with E-state index in [1.54, 1.807) is 0 Å². The van der Waals surface area contributed by atoms with Gasteiger partial charge in [-0.25, -0.2) is 0 Å². The van der Waals surface area contributed by atoms with Crippen LogP contribution in [0.1, 0.15) is 20.3 Å². The molecule has 3 nitrogen and oxygen atoms in total. The maximum atomic E-state index is 9.27. The van der Waals surface area contributed by atoms with Crippen LogP contribution < -0.4 is 0 Å². The average Bonchev–Trinajstić information content (AvgIpc) is 1.94. The number of aliphatic hydroxyl groups excluding tert-OH is 2. The normalized spacial score (nSPS) is 39.5. The first kappa shape index (κ1) is 8.97. The Labute approximate surface area is 67.0 Å². The van der Waals surface area contributed by atoms with Crippen molar-refractivity contribution in [2.24, 2.45) is 5.92 Å². The first-order valence-corrected chi connectivity index (χ1v) is 4.09. The van der Waals surface area contributed by atoms with Crippen LogP contribution in [0.5, 0.6) is 0 Å². The Morgan fingerprint density at radius 3 is 2.36 bits per heavy atom. The minimum Gasteiger partial charge on any atom is -0.390 e. The summed E-state index contributed by atoms with van der Waals surface area (Å²) in [5.41, 5.74) is 0. The summed E-state index contributed by atoms with van der Waals surface area (Å²) in [6.45, 7) is 4.37. The second-order valence-electron chi connectivity index (χ2n) is 3.49. The molecular weight excluding hydrogens is 144 g/mol. The van der Waals surface area contributed by atoms with Crippen LogP contribution >= 0.6 is 0 Å². The number of ether oxygens (including phenoxy) is 1. The highest BCUT2D eigenvalue weighted by Crippen LogP contribution is 2.20. The lowest BCUT2D eigenvalue weighted by molar-refractivity contribution is -0.132. The zero-order valence-corrected chi connectivity index (χ0v) is 7.03. The van der Waals surface area contributed by atoms with E-state index in [2.05, 4.69) is 13.8 Å². The Kier molecular flexibility index (Phi) is 2.87. The van der Waals surface area contributed by atoms with Crippen molar-refractivity contribution in [1.29, 1.82) is 0 Å². The molecule has 66 valence electrons. The monoisotopic (exact) mass is 160 g/mol. The zero-order valence-electron chi connectivity index (χ0n) is 7.03. The fourth-order valence-electron chi connectivity index (χ4n) is 1.26. The first-order chi connectivity index (χ1) is 5.11. The molecule has 0 saturated carbocycles. The highest BCUT2D eigenvalue weighted by Gasteiger charge is 2.29. The van der Waals surface area contributed by atoms with E-state index in [-0.39, 0.29) is 12.7 Å². The van der Waals surface area contributed by atoms with E-state index < -0.39 is 12.2 Å². The van der Waals surface area contributed by atoms with Crippen LogP contribution in [-0.4, -0.2) is 35.1 Å². The van der Waals surface area contributed by atoms with Crippen molar-refractivity contribution < 1.29 is 14.9 Å². The third kappa shape index (κ3) is 2.15. The molecule has 1 aliphatic rings. The molecule has 0 radical (unpaired) electrons. The van der Waals surface area contributed by atoms with Gasteiger partial charge in [-0.05, 0) is 5.92 Å². The third-order valence-corrected chi connectivity index (χ3v) is 2.14. The molecule has 2 N–H and O–H groups in total. The Balaban J connectivity index is 2.40. The molecule has 3 heteroatoms. The molecule has 1 aliphatic heterocycles. The number of hydrogen-bond donors (Lipinski definition) is 2. The molecule has 0 aromatic heterocycles. The van der Waals surface area contributed by atoms with Gasteiger partial charge in [-0.3, -0.25) is 0 Å². The van der Waals surface area contributed by atoms with Gasteiger partial charge >= 0.3 is 0 Å². The first-order valence-electron chi connectivity index (χ1n) is 4.09. The van der Waals surface area contributed by atoms with Crippen LogP contribution in [0.2, 0.25) is 0 Å². The molecule has 1 rings (SSSR count). The fourth-order valence-corrected chi connectivity index (χ4v) is 1.26. The molecule has 0 aromatic rings.